The van der Waals surface area contributed by atoms with Crippen LogP contribution in [0.25, 0.3) is 0 Å². The van der Waals surface area contributed by atoms with E-state index in [9.17, 15) is 14.4 Å². The van der Waals surface area contributed by atoms with E-state index in [0.29, 0.717) is 34.4 Å². The molecule has 2 amide bonds. The highest BCUT2D eigenvalue weighted by molar-refractivity contribution is 7.99. The van der Waals surface area contributed by atoms with E-state index in [-0.39, 0.29) is 29.5 Å². The first-order valence-electron chi connectivity index (χ1n) is 11.7. The van der Waals surface area contributed by atoms with Gasteiger partial charge in [0.2, 0.25) is 5.91 Å². The van der Waals surface area contributed by atoms with Gasteiger partial charge in [0.1, 0.15) is 0 Å². The maximum absolute atomic E-state index is 12.7. The summed E-state index contributed by atoms with van der Waals surface area (Å²) in [7, 11) is 1.81. The number of hydrogen-bond acceptors (Lipinski definition) is 7. The monoisotopic (exact) mass is 509 g/mol. The molecule has 1 aromatic heterocycles. The normalized spacial score (nSPS) is 11.7. The molecule has 0 aliphatic rings. The van der Waals surface area contributed by atoms with Crippen molar-refractivity contribution in [3.63, 3.8) is 0 Å². The summed E-state index contributed by atoms with van der Waals surface area (Å²) in [5, 5.41) is 14.9. The zero-order valence-electron chi connectivity index (χ0n) is 20.9. The third kappa shape index (κ3) is 7.17. The molecule has 2 aromatic carbocycles. The molecule has 1 heterocycles. The van der Waals surface area contributed by atoms with Crippen LogP contribution < -0.4 is 10.6 Å². The maximum atomic E-state index is 12.7. The van der Waals surface area contributed by atoms with Crippen LogP contribution in [0.3, 0.4) is 0 Å². The van der Waals surface area contributed by atoms with Crippen LogP contribution in [0.2, 0.25) is 0 Å². The predicted octanol–water partition coefficient (Wildman–Crippen LogP) is 4.24. The maximum Gasteiger partial charge on any atom is 0.338 e. The van der Waals surface area contributed by atoms with Crippen molar-refractivity contribution in [3.8, 4) is 0 Å². The fourth-order valence-corrected chi connectivity index (χ4v) is 4.11. The number of carbonyl (C=O) groups excluding carboxylic acids is 3. The Morgan fingerprint density at radius 2 is 1.75 bits per heavy atom. The molecule has 0 aliphatic carbocycles. The summed E-state index contributed by atoms with van der Waals surface area (Å²) in [4.78, 5) is 37.3. The van der Waals surface area contributed by atoms with Gasteiger partial charge < -0.3 is 19.9 Å². The van der Waals surface area contributed by atoms with Crippen LogP contribution >= 0.6 is 11.8 Å². The number of amides is 2. The molecule has 9 nitrogen and oxygen atoms in total. The quantitative estimate of drug-likeness (QED) is 0.293. The third-order valence-electron chi connectivity index (χ3n) is 5.29. The van der Waals surface area contributed by atoms with Crippen LogP contribution in [-0.4, -0.2) is 44.9 Å². The molecule has 3 aromatic rings. The lowest BCUT2D eigenvalue weighted by Crippen LogP contribution is -2.33. The first-order valence-corrected chi connectivity index (χ1v) is 12.7. The smallest absolute Gasteiger partial charge is 0.338 e. The molecule has 3 rings (SSSR count). The Hall–Kier alpha value is -3.66. The molecule has 0 saturated heterocycles. The Bertz CT molecular complexity index is 1200. The van der Waals surface area contributed by atoms with Crippen molar-refractivity contribution in [2.45, 2.75) is 38.4 Å². The molecule has 190 valence electrons. The second-order valence-corrected chi connectivity index (χ2v) is 9.46. The van der Waals surface area contributed by atoms with Crippen LogP contribution in [0, 0.1) is 5.92 Å². The van der Waals surface area contributed by atoms with E-state index in [2.05, 4.69) is 20.8 Å². The van der Waals surface area contributed by atoms with E-state index in [4.69, 9.17) is 4.74 Å². The van der Waals surface area contributed by atoms with E-state index >= 15 is 0 Å². The van der Waals surface area contributed by atoms with Crippen LogP contribution in [0.15, 0.2) is 59.8 Å². The first-order chi connectivity index (χ1) is 17.3. The van der Waals surface area contributed by atoms with Crippen LogP contribution in [0.5, 0.6) is 0 Å². The number of carbonyl (C=O) groups is 3. The summed E-state index contributed by atoms with van der Waals surface area (Å²) in [6, 6.07) is 15.3. The number of ether oxygens (including phenoxy) is 1. The van der Waals surface area contributed by atoms with Gasteiger partial charge in [-0.3, -0.25) is 9.59 Å². The lowest BCUT2D eigenvalue weighted by atomic mass is 10.0. The van der Waals surface area contributed by atoms with Gasteiger partial charge >= 0.3 is 5.97 Å². The van der Waals surface area contributed by atoms with Gasteiger partial charge in [0.15, 0.2) is 11.0 Å². The number of hydrogen-bond donors (Lipinski definition) is 2. The molecule has 10 heteroatoms. The minimum absolute atomic E-state index is 0.0676. The summed E-state index contributed by atoms with van der Waals surface area (Å²) in [5.74, 6) is -0.0891. The van der Waals surface area contributed by atoms with Gasteiger partial charge in [-0.2, -0.15) is 0 Å². The molecule has 0 bridgehead atoms. The molecule has 0 unspecified atom stereocenters. The minimum Gasteiger partial charge on any atom is -0.462 e. The molecule has 2 N–H and O–H groups in total. The summed E-state index contributed by atoms with van der Waals surface area (Å²) < 4.78 is 6.93. The lowest BCUT2D eigenvalue weighted by molar-refractivity contribution is -0.113. The Balaban J connectivity index is 1.61. The van der Waals surface area contributed by atoms with Crippen molar-refractivity contribution in [3.05, 3.63) is 71.5 Å². The first kappa shape index (κ1) is 26.9. The van der Waals surface area contributed by atoms with Crippen molar-refractivity contribution >= 4 is 35.2 Å². The molecule has 0 radical (unpaired) electrons. The molecule has 0 aliphatic heterocycles. The Kier molecular flexibility index (Phi) is 9.63. The second-order valence-electron chi connectivity index (χ2n) is 8.51. The number of anilines is 1. The van der Waals surface area contributed by atoms with Crippen molar-refractivity contribution in [2.75, 3.05) is 17.7 Å². The lowest BCUT2D eigenvalue weighted by Gasteiger charge is -2.21. The van der Waals surface area contributed by atoms with Gasteiger partial charge in [-0.1, -0.05) is 56.8 Å². The van der Waals surface area contributed by atoms with Gasteiger partial charge in [-0.25, -0.2) is 4.79 Å². The van der Waals surface area contributed by atoms with Crippen molar-refractivity contribution in [1.82, 2.24) is 20.1 Å². The fourth-order valence-electron chi connectivity index (χ4n) is 3.40. The second kappa shape index (κ2) is 12.9. The summed E-state index contributed by atoms with van der Waals surface area (Å²) in [6.45, 7) is 6.26. The van der Waals surface area contributed by atoms with E-state index in [1.165, 1.54) is 11.8 Å². The van der Waals surface area contributed by atoms with E-state index in [1.807, 2.05) is 46.0 Å². The van der Waals surface area contributed by atoms with Crippen molar-refractivity contribution in [1.29, 1.82) is 0 Å². The Morgan fingerprint density at radius 3 is 2.44 bits per heavy atom. The molecule has 0 spiro atoms. The predicted molar refractivity (Wildman–Crippen MR) is 139 cm³/mol. The van der Waals surface area contributed by atoms with Gasteiger partial charge in [-0.05, 0) is 42.7 Å². The summed E-state index contributed by atoms with van der Waals surface area (Å²) >= 11 is 1.23. The van der Waals surface area contributed by atoms with E-state index < -0.39 is 5.97 Å². The van der Waals surface area contributed by atoms with Gasteiger partial charge in [0.05, 0.1) is 24.0 Å². The SMILES string of the molecule is CCCOC(=O)c1cccc(NC(=O)CSc2nnc([C@@H](NC(=O)c3ccccc3)C(C)C)n2C)c1. The Morgan fingerprint density at radius 1 is 1.03 bits per heavy atom. The number of nitrogens with one attached hydrogen (secondary N) is 2. The van der Waals surface area contributed by atoms with Gasteiger partial charge in [-0.15, -0.1) is 10.2 Å². The van der Waals surface area contributed by atoms with E-state index in [0.717, 1.165) is 6.42 Å². The molecule has 36 heavy (non-hydrogen) atoms. The third-order valence-corrected chi connectivity index (χ3v) is 6.31. The number of benzene rings is 2. The summed E-state index contributed by atoms with van der Waals surface area (Å²) in [5.41, 5.74) is 1.46. The minimum atomic E-state index is -0.423. The molecule has 0 fully saturated rings. The summed E-state index contributed by atoms with van der Waals surface area (Å²) in [6.07, 6.45) is 0.737. The number of thioether (sulfide) groups is 1. The Labute approximate surface area is 215 Å². The number of esters is 1. The van der Waals surface area contributed by atoms with Gasteiger partial charge in [0.25, 0.3) is 5.91 Å². The molecule has 0 saturated carbocycles. The molecule has 1 atom stereocenters. The van der Waals surface area contributed by atoms with Crippen LogP contribution in [0.1, 0.15) is 59.8 Å². The fraction of sp³-hybridized carbons (Fsp3) is 0.346. The molecular formula is C26H31N5O4S. The van der Waals surface area contributed by atoms with Gasteiger partial charge in [0, 0.05) is 18.3 Å². The standard InChI is InChI=1S/C26H31N5O4S/c1-5-14-35-25(34)19-12-9-13-20(15-19)27-21(32)16-36-26-30-29-23(31(26)4)22(17(2)3)28-24(33)18-10-7-6-8-11-18/h6-13,15,17,22H,5,14,16H2,1-4H3,(H,27,32)(H,28,33)/t22-/m0/s1. The highest BCUT2D eigenvalue weighted by atomic mass is 32.2. The zero-order valence-corrected chi connectivity index (χ0v) is 21.7. The van der Waals surface area contributed by atoms with Crippen molar-refractivity contribution in [2.24, 2.45) is 13.0 Å². The number of nitrogens with zero attached hydrogens (tertiary/aromatic N) is 3. The molecular weight excluding hydrogens is 478 g/mol. The largest absolute Gasteiger partial charge is 0.462 e. The van der Waals surface area contributed by atoms with Crippen molar-refractivity contribution < 1.29 is 19.1 Å². The van der Waals surface area contributed by atoms with E-state index in [1.54, 1.807) is 41.0 Å². The number of aromatic nitrogens is 3. The van der Waals surface area contributed by atoms with Crippen LogP contribution in [0.4, 0.5) is 5.69 Å². The zero-order chi connectivity index (χ0) is 26.1. The average molecular weight is 510 g/mol. The average Bonchev–Trinajstić information content (AvgIpc) is 3.24. The van der Waals surface area contributed by atoms with Crippen LogP contribution in [-0.2, 0) is 16.6 Å². The highest BCUT2D eigenvalue weighted by Crippen LogP contribution is 2.24. The topological polar surface area (TPSA) is 115 Å². The number of rotatable bonds is 11. The highest BCUT2D eigenvalue weighted by Gasteiger charge is 2.25.